The number of carbonyl (C=O) groups is 1. The summed E-state index contributed by atoms with van der Waals surface area (Å²) in [5.74, 6) is -0.184. The van der Waals surface area contributed by atoms with Gasteiger partial charge in [-0.05, 0) is 31.9 Å². The Balaban J connectivity index is 2.10. The van der Waals surface area contributed by atoms with Gasteiger partial charge < -0.3 is 21.5 Å². The number of halogens is 1. The number of nitrogens with two attached hydrogens (primary N) is 2. The molecule has 0 saturated heterocycles. The van der Waals surface area contributed by atoms with E-state index in [2.05, 4.69) is 15.0 Å². The molecular formula is C17H21ClN6O2. The number of aromatic nitrogens is 3. The van der Waals surface area contributed by atoms with Crippen molar-refractivity contribution in [2.24, 2.45) is 5.73 Å². The number of carbonyl (C=O) groups excluding carboxylic acids is 1. The molecule has 1 unspecified atom stereocenters. The number of amides is 1. The van der Waals surface area contributed by atoms with Crippen molar-refractivity contribution >= 4 is 29.3 Å². The molecule has 1 atom stereocenters. The van der Waals surface area contributed by atoms with Crippen LogP contribution in [0.15, 0.2) is 0 Å². The van der Waals surface area contributed by atoms with Crippen LogP contribution >= 0.6 is 11.6 Å². The largest absolute Gasteiger partial charge is 0.396 e. The number of hydrogen-bond acceptors (Lipinski definition) is 7. The molecule has 0 radical (unpaired) electrons. The first-order chi connectivity index (χ1) is 12.2. The highest BCUT2D eigenvalue weighted by molar-refractivity contribution is 6.30. The number of nitrogen functional groups attached to an aromatic ring is 1. The summed E-state index contributed by atoms with van der Waals surface area (Å²) in [5.41, 5.74) is 15.7. The molecule has 0 fully saturated rings. The number of hydrogen-bond donors (Lipinski definition) is 3. The zero-order valence-corrected chi connectivity index (χ0v) is 15.6. The summed E-state index contributed by atoms with van der Waals surface area (Å²) in [7, 11) is 0. The Bertz CT molecular complexity index is 902. The molecule has 9 heteroatoms. The molecule has 0 bridgehead atoms. The highest BCUT2D eigenvalue weighted by atomic mass is 35.5. The highest BCUT2D eigenvalue weighted by Crippen LogP contribution is 2.40. The van der Waals surface area contributed by atoms with Gasteiger partial charge in [-0.1, -0.05) is 11.6 Å². The number of anilines is 2. The maximum absolute atomic E-state index is 11.9. The minimum Gasteiger partial charge on any atom is -0.396 e. The number of rotatable bonds is 4. The van der Waals surface area contributed by atoms with Gasteiger partial charge in [0.2, 0.25) is 5.95 Å². The van der Waals surface area contributed by atoms with Crippen LogP contribution in [0.25, 0.3) is 0 Å². The molecule has 0 saturated carbocycles. The average molecular weight is 377 g/mol. The molecule has 3 heterocycles. The van der Waals surface area contributed by atoms with Gasteiger partial charge in [-0.2, -0.15) is 4.98 Å². The first-order valence-electron chi connectivity index (χ1n) is 8.19. The third-order valence-corrected chi connectivity index (χ3v) is 5.26. The van der Waals surface area contributed by atoms with E-state index in [0.717, 1.165) is 22.4 Å². The van der Waals surface area contributed by atoms with Crippen molar-refractivity contribution in [3.8, 4) is 0 Å². The Labute approximate surface area is 156 Å². The molecule has 1 aliphatic rings. The van der Waals surface area contributed by atoms with E-state index in [9.17, 15) is 9.90 Å². The van der Waals surface area contributed by atoms with Crippen LogP contribution in [-0.4, -0.2) is 39.1 Å². The molecule has 2 aromatic heterocycles. The number of primary amides is 1. The molecule has 2 aromatic rings. The predicted molar refractivity (Wildman–Crippen MR) is 99.3 cm³/mol. The van der Waals surface area contributed by atoms with Crippen LogP contribution in [0.4, 0.5) is 11.8 Å². The van der Waals surface area contributed by atoms with Gasteiger partial charge in [0.05, 0.1) is 6.61 Å². The number of aliphatic hydroxyl groups excluding tert-OH is 1. The lowest BCUT2D eigenvalue weighted by atomic mass is 9.99. The van der Waals surface area contributed by atoms with Gasteiger partial charge in [0.25, 0.3) is 5.91 Å². The van der Waals surface area contributed by atoms with Crippen molar-refractivity contribution in [2.45, 2.75) is 33.2 Å². The summed E-state index contributed by atoms with van der Waals surface area (Å²) < 4.78 is 0. The minimum absolute atomic E-state index is 0.0578. The molecule has 5 N–H and O–H groups in total. The average Bonchev–Trinajstić information content (AvgIpc) is 2.92. The summed E-state index contributed by atoms with van der Waals surface area (Å²) in [6.07, 6.45) is 0. The second-order valence-electron chi connectivity index (χ2n) is 6.51. The van der Waals surface area contributed by atoms with Crippen molar-refractivity contribution in [3.63, 3.8) is 0 Å². The predicted octanol–water partition coefficient (Wildman–Crippen LogP) is 1.23. The van der Waals surface area contributed by atoms with Crippen LogP contribution in [0.2, 0.25) is 5.15 Å². The standard InChI is InChI=1S/C17H21ClN6O2/c1-7-8(2)11(13(15(19)26)21-9(7)3)5-24-4-10(6-25)12-14(18)22-17(20)23-16(12)24/h10,25H,4-6H2,1-3H3,(H2,19,26)(H2,20,22,23). The fraction of sp³-hybridized carbons (Fsp3) is 0.412. The van der Waals surface area contributed by atoms with Crippen LogP contribution in [0, 0.1) is 20.8 Å². The number of aliphatic hydroxyl groups is 1. The van der Waals surface area contributed by atoms with Crippen LogP contribution in [0.1, 0.15) is 44.4 Å². The molecule has 26 heavy (non-hydrogen) atoms. The van der Waals surface area contributed by atoms with Crippen molar-refractivity contribution in [1.29, 1.82) is 0 Å². The summed E-state index contributed by atoms with van der Waals surface area (Å²) in [4.78, 5) is 26.5. The molecule has 0 aromatic carbocycles. The van der Waals surface area contributed by atoms with Gasteiger partial charge in [0, 0.05) is 35.8 Å². The van der Waals surface area contributed by atoms with Crippen molar-refractivity contribution < 1.29 is 9.90 Å². The molecule has 8 nitrogen and oxygen atoms in total. The molecule has 1 amide bonds. The molecule has 0 aliphatic carbocycles. The molecule has 138 valence electrons. The number of pyridine rings is 1. The third-order valence-electron chi connectivity index (χ3n) is 4.97. The lowest BCUT2D eigenvalue weighted by Gasteiger charge is -2.22. The summed E-state index contributed by atoms with van der Waals surface area (Å²) in [5, 5.41) is 9.95. The first kappa shape index (κ1) is 18.3. The van der Waals surface area contributed by atoms with E-state index in [1.54, 1.807) is 0 Å². The quantitative estimate of drug-likeness (QED) is 0.683. The van der Waals surface area contributed by atoms with Crippen LogP contribution in [-0.2, 0) is 6.54 Å². The Morgan fingerprint density at radius 1 is 1.27 bits per heavy atom. The van der Waals surface area contributed by atoms with E-state index in [1.165, 1.54) is 0 Å². The lowest BCUT2D eigenvalue weighted by molar-refractivity contribution is 0.0994. The topological polar surface area (TPSA) is 131 Å². The third kappa shape index (κ3) is 2.95. The molecule has 1 aliphatic heterocycles. The van der Waals surface area contributed by atoms with E-state index < -0.39 is 5.91 Å². The smallest absolute Gasteiger partial charge is 0.267 e. The van der Waals surface area contributed by atoms with Crippen molar-refractivity contribution in [1.82, 2.24) is 15.0 Å². The van der Waals surface area contributed by atoms with Gasteiger partial charge in [-0.15, -0.1) is 0 Å². The second-order valence-corrected chi connectivity index (χ2v) is 6.87. The van der Waals surface area contributed by atoms with Crippen molar-refractivity contribution in [2.75, 3.05) is 23.8 Å². The minimum atomic E-state index is -0.579. The maximum atomic E-state index is 11.9. The van der Waals surface area contributed by atoms with Gasteiger partial charge in [0.15, 0.2) is 0 Å². The number of aryl methyl sites for hydroxylation is 1. The molecular weight excluding hydrogens is 356 g/mol. The van der Waals surface area contributed by atoms with Gasteiger partial charge >= 0.3 is 0 Å². The Morgan fingerprint density at radius 3 is 2.58 bits per heavy atom. The highest BCUT2D eigenvalue weighted by Gasteiger charge is 2.34. The van der Waals surface area contributed by atoms with Crippen molar-refractivity contribution in [3.05, 3.63) is 38.8 Å². The monoisotopic (exact) mass is 376 g/mol. The van der Waals surface area contributed by atoms with Gasteiger partial charge in [-0.25, -0.2) is 9.97 Å². The van der Waals surface area contributed by atoms with Crippen LogP contribution in [0.3, 0.4) is 0 Å². The summed E-state index contributed by atoms with van der Waals surface area (Å²) >= 11 is 6.22. The second kappa shape index (κ2) is 6.69. The normalized spacial score (nSPS) is 16.0. The number of fused-ring (bicyclic) bond motifs is 1. The van der Waals surface area contributed by atoms with E-state index in [1.807, 2.05) is 25.7 Å². The molecule has 0 spiro atoms. The molecule has 3 rings (SSSR count). The van der Waals surface area contributed by atoms with E-state index in [0.29, 0.717) is 24.5 Å². The maximum Gasteiger partial charge on any atom is 0.267 e. The Morgan fingerprint density at radius 2 is 1.96 bits per heavy atom. The van der Waals surface area contributed by atoms with Crippen LogP contribution < -0.4 is 16.4 Å². The van der Waals surface area contributed by atoms with Gasteiger partial charge in [0.1, 0.15) is 16.7 Å². The Hall–Kier alpha value is -2.45. The summed E-state index contributed by atoms with van der Waals surface area (Å²) in [6, 6.07) is 0. The Kier molecular flexibility index (Phi) is 4.72. The zero-order valence-electron chi connectivity index (χ0n) is 14.9. The van der Waals surface area contributed by atoms with Gasteiger partial charge in [-0.3, -0.25) is 4.79 Å². The SMILES string of the molecule is Cc1nc(C(N)=O)c(CN2CC(CO)c3c(Cl)nc(N)nc32)c(C)c1C. The first-order valence-corrected chi connectivity index (χ1v) is 8.57. The zero-order chi connectivity index (χ0) is 19.2. The van der Waals surface area contributed by atoms with E-state index in [-0.39, 0.29) is 29.3 Å². The fourth-order valence-corrected chi connectivity index (χ4v) is 3.68. The fourth-order valence-electron chi connectivity index (χ4n) is 3.35. The van der Waals surface area contributed by atoms with E-state index >= 15 is 0 Å². The number of nitrogens with zero attached hydrogens (tertiary/aromatic N) is 4. The summed E-state index contributed by atoms with van der Waals surface area (Å²) in [6.45, 7) is 6.48. The lowest BCUT2D eigenvalue weighted by Crippen LogP contribution is -2.27. The van der Waals surface area contributed by atoms with E-state index in [4.69, 9.17) is 23.1 Å². The van der Waals surface area contributed by atoms with Crippen LogP contribution in [0.5, 0.6) is 0 Å².